The number of hydrogen-bond donors (Lipinski definition) is 2. The Morgan fingerprint density at radius 1 is 1.14 bits per heavy atom. The van der Waals surface area contributed by atoms with Crippen LogP contribution in [0.1, 0.15) is 21.6 Å². The van der Waals surface area contributed by atoms with Crippen molar-refractivity contribution in [3.05, 3.63) is 69.8 Å². The Morgan fingerprint density at radius 2 is 1.86 bits per heavy atom. The summed E-state index contributed by atoms with van der Waals surface area (Å²) in [4.78, 5) is 15.5. The Bertz CT molecular complexity index is 806. The molecule has 0 fully saturated rings. The molecule has 0 unspecified atom stereocenters. The predicted octanol–water partition coefficient (Wildman–Crippen LogP) is 4.21. The van der Waals surface area contributed by atoms with Crippen molar-refractivity contribution in [3.63, 3.8) is 0 Å². The van der Waals surface area contributed by atoms with Gasteiger partial charge in [-0.05, 0) is 49.2 Å². The first-order chi connectivity index (χ1) is 10.6. The van der Waals surface area contributed by atoms with Gasteiger partial charge in [-0.3, -0.25) is 4.79 Å². The van der Waals surface area contributed by atoms with Crippen molar-refractivity contribution in [2.24, 2.45) is 0 Å². The zero-order valence-corrected chi connectivity index (χ0v) is 13.9. The van der Waals surface area contributed by atoms with Crippen LogP contribution in [0.5, 0.6) is 0 Å². The predicted molar refractivity (Wildman–Crippen MR) is 93.2 cm³/mol. The Hall–Kier alpha value is -2.07. The molecule has 0 saturated carbocycles. The van der Waals surface area contributed by atoms with Gasteiger partial charge in [0.1, 0.15) is 0 Å². The van der Waals surface area contributed by atoms with Crippen molar-refractivity contribution in [2.75, 3.05) is 6.54 Å². The lowest BCUT2D eigenvalue weighted by atomic mass is 10.1. The van der Waals surface area contributed by atoms with Gasteiger partial charge >= 0.3 is 0 Å². The molecular formula is C18H17BrN2O. The van der Waals surface area contributed by atoms with Gasteiger partial charge < -0.3 is 10.3 Å². The van der Waals surface area contributed by atoms with E-state index in [2.05, 4.69) is 45.3 Å². The summed E-state index contributed by atoms with van der Waals surface area (Å²) in [6, 6.07) is 15.6. The smallest absolute Gasteiger partial charge is 0.251 e. The molecule has 0 aliphatic rings. The molecule has 2 aromatic carbocycles. The van der Waals surface area contributed by atoms with E-state index in [0.717, 1.165) is 16.4 Å². The number of nitrogens with one attached hydrogen (secondary N) is 2. The third-order valence-corrected chi connectivity index (χ3v) is 4.32. The Morgan fingerprint density at radius 3 is 2.64 bits per heavy atom. The topological polar surface area (TPSA) is 44.9 Å². The number of para-hydroxylation sites is 1. The van der Waals surface area contributed by atoms with Crippen molar-refractivity contribution in [2.45, 2.75) is 13.3 Å². The number of fused-ring (bicyclic) bond motifs is 1. The molecule has 0 atom stereocenters. The fraction of sp³-hybridized carbons (Fsp3) is 0.167. The van der Waals surface area contributed by atoms with Gasteiger partial charge in [0.2, 0.25) is 0 Å². The number of carbonyl (C=O) groups excluding carboxylic acids is 1. The van der Waals surface area contributed by atoms with E-state index in [1.165, 1.54) is 16.6 Å². The highest BCUT2D eigenvalue weighted by molar-refractivity contribution is 9.10. The maximum Gasteiger partial charge on any atom is 0.251 e. The summed E-state index contributed by atoms with van der Waals surface area (Å²) in [5, 5.41) is 4.21. The molecule has 1 aromatic heterocycles. The van der Waals surface area contributed by atoms with Crippen molar-refractivity contribution < 1.29 is 4.79 Å². The lowest BCUT2D eigenvalue weighted by Crippen LogP contribution is -2.25. The van der Waals surface area contributed by atoms with Gasteiger partial charge in [-0.2, -0.15) is 0 Å². The van der Waals surface area contributed by atoms with Crippen LogP contribution in [0.2, 0.25) is 0 Å². The zero-order chi connectivity index (χ0) is 15.5. The van der Waals surface area contributed by atoms with Gasteiger partial charge in [0, 0.05) is 33.2 Å². The molecule has 0 spiro atoms. The van der Waals surface area contributed by atoms with Crippen LogP contribution in [0.15, 0.2) is 53.0 Å². The Balaban J connectivity index is 1.66. The van der Waals surface area contributed by atoms with Gasteiger partial charge in [0.15, 0.2) is 0 Å². The normalized spacial score (nSPS) is 10.8. The second kappa shape index (κ2) is 6.36. The minimum absolute atomic E-state index is 0.0370. The molecule has 1 heterocycles. The number of aromatic amines is 1. The van der Waals surface area contributed by atoms with Crippen LogP contribution < -0.4 is 5.32 Å². The highest BCUT2D eigenvalue weighted by Gasteiger charge is 2.09. The van der Waals surface area contributed by atoms with E-state index >= 15 is 0 Å². The first kappa shape index (κ1) is 14.9. The maximum absolute atomic E-state index is 12.1. The number of H-pyrrole nitrogens is 1. The number of aromatic nitrogens is 1. The van der Waals surface area contributed by atoms with E-state index in [0.29, 0.717) is 12.1 Å². The summed E-state index contributed by atoms with van der Waals surface area (Å²) in [7, 11) is 0. The molecule has 1 amide bonds. The van der Waals surface area contributed by atoms with Crippen LogP contribution in [0, 0.1) is 6.92 Å². The molecule has 0 aliphatic carbocycles. The molecule has 4 heteroatoms. The van der Waals surface area contributed by atoms with Crippen molar-refractivity contribution in [1.82, 2.24) is 10.3 Å². The summed E-state index contributed by atoms with van der Waals surface area (Å²) < 4.78 is 0.971. The van der Waals surface area contributed by atoms with Crippen LogP contribution in [0.4, 0.5) is 0 Å². The standard InChI is InChI=1S/C18H17BrN2O/c1-12-15(16-4-2-3-5-17(16)21-12)10-11-20-18(22)13-6-8-14(19)9-7-13/h2-9,21H,10-11H2,1H3,(H,20,22). The number of carbonyl (C=O) groups is 1. The molecule has 0 radical (unpaired) electrons. The third-order valence-electron chi connectivity index (χ3n) is 3.79. The molecule has 0 bridgehead atoms. The number of hydrogen-bond acceptors (Lipinski definition) is 1. The van der Waals surface area contributed by atoms with Gasteiger partial charge in [0.05, 0.1) is 0 Å². The van der Waals surface area contributed by atoms with E-state index in [4.69, 9.17) is 0 Å². The second-order valence-electron chi connectivity index (χ2n) is 5.29. The number of rotatable bonds is 4. The fourth-order valence-electron chi connectivity index (χ4n) is 2.66. The minimum Gasteiger partial charge on any atom is -0.358 e. The average molecular weight is 357 g/mol. The van der Waals surface area contributed by atoms with E-state index in [1.54, 1.807) is 0 Å². The highest BCUT2D eigenvalue weighted by atomic mass is 79.9. The van der Waals surface area contributed by atoms with Crippen LogP contribution in [-0.2, 0) is 6.42 Å². The summed E-state index contributed by atoms with van der Waals surface area (Å²) in [5.41, 5.74) is 4.26. The van der Waals surface area contributed by atoms with Crippen molar-refractivity contribution in [3.8, 4) is 0 Å². The van der Waals surface area contributed by atoms with Crippen molar-refractivity contribution >= 4 is 32.7 Å². The summed E-state index contributed by atoms with van der Waals surface area (Å²) in [5.74, 6) is -0.0370. The first-order valence-electron chi connectivity index (χ1n) is 7.25. The Kier molecular flexibility index (Phi) is 4.29. The minimum atomic E-state index is -0.0370. The molecule has 112 valence electrons. The van der Waals surface area contributed by atoms with Crippen LogP contribution in [-0.4, -0.2) is 17.4 Å². The molecule has 22 heavy (non-hydrogen) atoms. The van der Waals surface area contributed by atoms with Gasteiger partial charge in [-0.1, -0.05) is 34.1 Å². The highest BCUT2D eigenvalue weighted by Crippen LogP contribution is 2.21. The van der Waals surface area contributed by atoms with Crippen molar-refractivity contribution in [1.29, 1.82) is 0 Å². The van der Waals surface area contributed by atoms with Crippen LogP contribution in [0.3, 0.4) is 0 Å². The second-order valence-corrected chi connectivity index (χ2v) is 6.20. The molecule has 0 aliphatic heterocycles. The number of amides is 1. The van der Waals surface area contributed by atoms with E-state index in [1.807, 2.05) is 36.4 Å². The largest absolute Gasteiger partial charge is 0.358 e. The third kappa shape index (κ3) is 3.07. The monoisotopic (exact) mass is 356 g/mol. The molecular weight excluding hydrogens is 340 g/mol. The van der Waals surface area contributed by atoms with E-state index in [9.17, 15) is 4.79 Å². The average Bonchev–Trinajstić information content (AvgIpc) is 2.84. The molecule has 3 aromatic rings. The van der Waals surface area contributed by atoms with Gasteiger partial charge in [-0.25, -0.2) is 0 Å². The van der Waals surface area contributed by atoms with E-state index in [-0.39, 0.29) is 5.91 Å². The Labute approximate surface area is 137 Å². The summed E-state index contributed by atoms with van der Waals surface area (Å²) >= 11 is 3.37. The van der Waals surface area contributed by atoms with Gasteiger partial charge in [0.25, 0.3) is 5.91 Å². The fourth-order valence-corrected chi connectivity index (χ4v) is 2.93. The summed E-state index contributed by atoms with van der Waals surface area (Å²) in [6.07, 6.45) is 0.818. The summed E-state index contributed by atoms with van der Waals surface area (Å²) in [6.45, 7) is 2.70. The molecule has 0 saturated heterocycles. The quantitative estimate of drug-likeness (QED) is 0.722. The lowest BCUT2D eigenvalue weighted by molar-refractivity contribution is 0.0954. The van der Waals surface area contributed by atoms with Gasteiger partial charge in [-0.15, -0.1) is 0 Å². The lowest BCUT2D eigenvalue weighted by Gasteiger charge is -2.06. The molecule has 3 rings (SSSR count). The van der Waals surface area contributed by atoms with Crippen LogP contribution in [0.25, 0.3) is 10.9 Å². The van der Waals surface area contributed by atoms with E-state index < -0.39 is 0 Å². The molecule has 3 nitrogen and oxygen atoms in total. The number of aryl methyl sites for hydroxylation is 1. The molecule has 2 N–H and O–H groups in total. The SMILES string of the molecule is Cc1[nH]c2ccccc2c1CCNC(=O)c1ccc(Br)cc1. The van der Waals surface area contributed by atoms with Crippen LogP contribution >= 0.6 is 15.9 Å². The number of halogens is 1. The first-order valence-corrected chi connectivity index (χ1v) is 8.04. The number of benzene rings is 2. The maximum atomic E-state index is 12.1. The zero-order valence-electron chi connectivity index (χ0n) is 12.3.